The quantitative estimate of drug-likeness (QED) is 0.778. The number of hydrogen-bond acceptors (Lipinski definition) is 5. The van der Waals surface area contributed by atoms with Crippen LogP contribution in [0.25, 0.3) is 0 Å². The largest absolute Gasteiger partial charge is 0.469 e. The average Bonchev–Trinajstić information content (AvgIpc) is 2.93. The zero-order chi connectivity index (χ0) is 14.2. The number of anilines is 1. The molecule has 0 aromatic carbocycles. The van der Waals surface area contributed by atoms with Gasteiger partial charge in [0.2, 0.25) is 5.91 Å². The Balaban J connectivity index is 2.17. The summed E-state index contributed by atoms with van der Waals surface area (Å²) < 4.78 is 4.69. The van der Waals surface area contributed by atoms with Crippen LogP contribution in [0.5, 0.6) is 0 Å². The number of aromatic nitrogens is 1. The SMILES string of the molecule is COC(=O)C1CC(=O)N(c2ncc(C(C)(C)C)s2)C1. The van der Waals surface area contributed by atoms with E-state index in [2.05, 4.69) is 25.8 Å². The number of thiazole rings is 1. The molecule has 0 radical (unpaired) electrons. The van der Waals surface area contributed by atoms with Crippen molar-refractivity contribution in [3.63, 3.8) is 0 Å². The van der Waals surface area contributed by atoms with E-state index in [9.17, 15) is 9.59 Å². The van der Waals surface area contributed by atoms with Gasteiger partial charge < -0.3 is 4.74 Å². The minimum absolute atomic E-state index is 0.0143. The molecule has 6 heteroatoms. The number of rotatable bonds is 2. The van der Waals surface area contributed by atoms with Crippen molar-refractivity contribution < 1.29 is 14.3 Å². The summed E-state index contributed by atoms with van der Waals surface area (Å²) in [6, 6.07) is 0. The van der Waals surface area contributed by atoms with Crippen molar-refractivity contribution in [2.45, 2.75) is 32.6 Å². The van der Waals surface area contributed by atoms with Crippen LogP contribution in [0.15, 0.2) is 6.20 Å². The second-order valence-corrected chi connectivity index (χ2v) is 6.69. The monoisotopic (exact) mass is 282 g/mol. The molecule has 1 aromatic rings. The molecular formula is C13H18N2O3S. The second-order valence-electron chi connectivity index (χ2n) is 5.69. The average molecular weight is 282 g/mol. The predicted octanol–water partition coefficient (Wildman–Crippen LogP) is 1.97. The van der Waals surface area contributed by atoms with Gasteiger partial charge in [0.05, 0.1) is 13.0 Å². The van der Waals surface area contributed by atoms with E-state index in [0.29, 0.717) is 11.7 Å². The molecule has 1 aliphatic rings. The third-order valence-corrected chi connectivity index (χ3v) is 4.57. The van der Waals surface area contributed by atoms with Crippen molar-refractivity contribution in [2.75, 3.05) is 18.6 Å². The second kappa shape index (κ2) is 4.92. The Kier molecular flexibility index (Phi) is 3.62. The maximum atomic E-state index is 11.9. The van der Waals surface area contributed by atoms with Crippen LogP contribution in [0.3, 0.4) is 0 Å². The van der Waals surface area contributed by atoms with E-state index in [0.717, 1.165) is 4.88 Å². The zero-order valence-electron chi connectivity index (χ0n) is 11.6. The van der Waals surface area contributed by atoms with Crippen LogP contribution in [0, 0.1) is 5.92 Å². The summed E-state index contributed by atoms with van der Waals surface area (Å²) in [5.74, 6) is -0.770. The van der Waals surface area contributed by atoms with Gasteiger partial charge in [-0.3, -0.25) is 14.5 Å². The van der Waals surface area contributed by atoms with Crippen LogP contribution >= 0.6 is 11.3 Å². The predicted molar refractivity (Wildman–Crippen MR) is 73.3 cm³/mol. The molecule has 1 unspecified atom stereocenters. The molecule has 0 saturated carbocycles. The highest BCUT2D eigenvalue weighted by molar-refractivity contribution is 7.15. The first-order chi connectivity index (χ1) is 8.82. The lowest BCUT2D eigenvalue weighted by Gasteiger charge is -2.15. The number of methoxy groups -OCH3 is 1. The van der Waals surface area contributed by atoms with E-state index in [1.807, 2.05) is 0 Å². The minimum Gasteiger partial charge on any atom is -0.469 e. The summed E-state index contributed by atoms with van der Waals surface area (Å²) in [5, 5.41) is 0.668. The Morgan fingerprint density at radius 3 is 2.74 bits per heavy atom. The van der Waals surface area contributed by atoms with Gasteiger partial charge in [0.1, 0.15) is 0 Å². The highest BCUT2D eigenvalue weighted by Crippen LogP contribution is 2.34. The van der Waals surface area contributed by atoms with Gasteiger partial charge in [0.25, 0.3) is 0 Å². The van der Waals surface area contributed by atoms with Crippen molar-refractivity contribution in [1.29, 1.82) is 0 Å². The topological polar surface area (TPSA) is 59.5 Å². The van der Waals surface area contributed by atoms with Crippen molar-refractivity contribution in [2.24, 2.45) is 5.92 Å². The van der Waals surface area contributed by atoms with Crippen molar-refractivity contribution >= 4 is 28.3 Å². The van der Waals surface area contributed by atoms with E-state index in [4.69, 9.17) is 4.74 Å². The molecule has 1 saturated heterocycles. The summed E-state index contributed by atoms with van der Waals surface area (Å²) in [6.45, 7) is 6.68. The Labute approximate surface area is 116 Å². The molecule has 0 aliphatic carbocycles. The van der Waals surface area contributed by atoms with Crippen molar-refractivity contribution in [3.05, 3.63) is 11.1 Å². The number of carbonyl (C=O) groups is 2. The van der Waals surface area contributed by atoms with Crippen LogP contribution in [0.2, 0.25) is 0 Å². The molecule has 2 rings (SSSR count). The van der Waals surface area contributed by atoms with Crippen LogP contribution in [0.4, 0.5) is 5.13 Å². The summed E-state index contributed by atoms with van der Waals surface area (Å²) in [6.07, 6.45) is 2.01. The lowest BCUT2D eigenvalue weighted by atomic mass is 9.96. The molecule has 1 aromatic heterocycles. The lowest BCUT2D eigenvalue weighted by molar-refractivity contribution is -0.145. The number of amides is 1. The summed E-state index contributed by atoms with van der Waals surface area (Å²) in [5.41, 5.74) is 0.0143. The van der Waals surface area contributed by atoms with Crippen molar-refractivity contribution in [1.82, 2.24) is 4.98 Å². The van der Waals surface area contributed by atoms with Crippen LogP contribution in [-0.4, -0.2) is 30.5 Å². The Morgan fingerprint density at radius 1 is 1.53 bits per heavy atom. The summed E-state index contributed by atoms with van der Waals surface area (Å²) >= 11 is 1.50. The Bertz CT molecular complexity index is 504. The maximum absolute atomic E-state index is 11.9. The van der Waals surface area contributed by atoms with Gasteiger partial charge in [-0.1, -0.05) is 20.8 Å². The Morgan fingerprint density at radius 2 is 2.21 bits per heavy atom. The zero-order valence-corrected chi connectivity index (χ0v) is 12.4. The van der Waals surface area contributed by atoms with Gasteiger partial charge in [-0.05, 0) is 5.41 Å². The summed E-state index contributed by atoms with van der Waals surface area (Å²) in [7, 11) is 1.34. The minimum atomic E-state index is -0.375. The molecule has 1 aliphatic heterocycles. The molecule has 0 N–H and O–H groups in total. The van der Waals surface area contributed by atoms with E-state index < -0.39 is 0 Å². The fraction of sp³-hybridized carbons (Fsp3) is 0.615. The van der Waals surface area contributed by atoms with E-state index in [-0.39, 0.29) is 29.6 Å². The third-order valence-electron chi connectivity index (χ3n) is 3.12. The molecular weight excluding hydrogens is 264 g/mol. The number of nitrogens with zero attached hydrogens (tertiary/aromatic N) is 2. The van der Waals surface area contributed by atoms with Crippen LogP contribution in [-0.2, 0) is 19.7 Å². The van der Waals surface area contributed by atoms with Crippen LogP contribution < -0.4 is 4.90 Å². The Hall–Kier alpha value is -1.43. The molecule has 1 atom stereocenters. The standard InChI is InChI=1S/C13H18N2O3S/c1-13(2,3)9-6-14-12(19-9)15-7-8(5-10(15)16)11(17)18-4/h6,8H,5,7H2,1-4H3. The first-order valence-corrected chi connectivity index (χ1v) is 6.99. The van der Waals surface area contributed by atoms with E-state index in [1.165, 1.54) is 18.4 Å². The number of esters is 1. The molecule has 19 heavy (non-hydrogen) atoms. The smallest absolute Gasteiger partial charge is 0.311 e. The fourth-order valence-electron chi connectivity index (χ4n) is 1.95. The molecule has 1 amide bonds. The number of carbonyl (C=O) groups excluding carboxylic acids is 2. The number of hydrogen-bond donors (Lipinski definition) is 0. The highest BCUT2D eigenvalue weighted by Gasteiger charge is 2.37. The molecule has 1 fully saturated rings. The molecule has 2 heterocycles. The first kappa shape index (κ1) is 14.0. The highest BCUT2D eigenvalue weighted by atomic mass is 32.1. The van der Waals surface area contributed by atoms with Gasteiger partial charge in [-0.2, -0.15) is 0 Å². The third kappa shape index (κ3) is 2.78. The van der Waals surface area contributed by atoms with E-state index >= 15 is 0 Å². The molecule has 0 bridgehead atoms. The molecule has 0 spiro atoms. The van der Waals surface area contributed by atoms with Gasteiger partial charge >= 0.3 is 5.97 Å². The van der Waals surface area contributed by atoms with Gasteiger partial charge in [-0.25, -0.2) is 4.98 Å². The van der Waals surface area contributed by atoms with Gasteiger partial charge in [-0.15, -0.1) is 11.3 Å². The molecule has 104 valence electrons. The normalized spacial score (nSPS) is 19.9. The maximum Gasteiger partial charge on any atom is 0.311 e. The number of ether oxygens (including phenoxy) is 1. The van der Waals surface area contributed by atoms with E-state index in [1.54, 1.807) is 11.1 Å². The van der Waals surface area contributed by atoms with Gasteiger partial charge in [0.15, 0.2) is 5.13 Å². The first-order valence-electron chi connectivity index (χ1n) is 6.17. The molecule has 5 nitrogen and oxygen atoms in total. The fourth-order valence-corrected chi connectivity index (χ4v) is 2.95. The van der Waals surface area contributed by atoms with Gasteiger partial charge in [0, 0.05) is 24.0 Å². The van der Waals surface area contributed by atoms with Crippen molar-refractivity contribution in [3.8, 4) is 0 Å². The lowest BCUT2D eigenvalue weighted by Crippen LogP contribution is -2.25. The summed E-state index contributed by atoms with van der Waals surface area (Å²) in [4.78, 5) is 30.4. The van der Waals surface area contributed by atoms with Crippen LogP contribution in [0.1, 0.15) is 32.1 Å².